The third-order valence-electron chi connectivity index (χ3n) is 3.22. The zero-order valence-electron chi connectivity index (χ0n) is 9.31. The van der Waals surface area contributed by atoms with Crippen LogP contribution in [-0.4, -0.2) is 34.4 Å². The number of aromatic nitrogens is 2. The predicted octanol–water partition coefficient (Wildman–Crippen LogP) is 1.86. The molecule has 5 nitrogen and oxygen atoms in total. The molecule has 0 bridgehead atoms. The van der Waals surface area contributed by atoms with E-state index in [0.717, 1.165) is 24.3 Å². The summed E-state index contributed by atoms with van der Waals surface area (Å²) in [4.78, 5) is 13.2. The number of hydrogen-bond acceptors (Lipinski definition) is 3. The highest BCUT2D eigenvalue weighted by Gasteiger charge is 2.16. The zero-order valence-corrected chi connectivity index (χ0v) is 9.31. The van der Waals surface area contributed by atoms with Crippen molar-refractivity contribution >= 4 is 22.6 Å². The monoisotopic (exact) mass is 231 g/mol. The third-order valence-corrected chi connectivity index (χ3v) is 3.22. The summed E-state index contributed by atoms with van der Waals surface area (Å²) in [5.41, 5.74) is 2.01. The first-order valence-corrected chi connectivity index (χ1v) is 5.72. The lowest BCUT2D eigenvalue weighted by molar-refractivity contribution is 0.0692. The van der Waals surface area contributed by atoms with E-state index in [1.54, 1.807) is 0 Å². The lowest BCUT2D eigenvalue weighted by Crippen LogP contribution is -2.17. The summed E-state index contributed by atoms with van der Waals surface area (Å²) >= 11 is 0. The molecule has 0 saturated carbocycles. The van der Waals surface area contributed by atoms with Crippen LogP contribution in [0.4, 0.5) is 5.69 Å². The summed E-state index contributed by atoms with van der Waals surface area (Å²) in [7, 11) is 0. The van der Waals surface area contributed by atoms with Crippen LogP contribution in [0.15, 0.2) is 18.2 Å². The van der Waals surface area contributed by atoms with Gasteiger partial charge in [0.15, 0.2) is 5.69 Å². The molecule has 1 aliphatic heterocycles. The largest absolute Gasteiger partial charge is 0.476 e. The van der Waals surface area contributed by atoms with Crippen molar-refractivity contribution in [2.75, 3.05) is 18.0 Å². The van der Waals surface area contributed by atoms with E-state index in [0.29, 0.717) is 5.39 Å². The van der Waals surface area contributed by atoms with Crippen LogP contribution in [0.1, 0.15) is 23.3 Å². The number of hydrogen-bond donors (Lipinski definition) is 2. The fraction of sp³-hybridized carbons (Fsp3) is 0.333. The number of nitrogens with zero attached hydrogens (tertiary/aromatic N) is 2. The minimum absolute atomic E-state index is 0.0907. The molecular weight excluding hydrogens is 218 g/mol. The van der Waals surface area contributed by atoms with E-state index >= 15 is 0 Å². The van der Waals surface area contributed by atoms with Gasteiger partial charge in [-0.05, 0) is 31.0 Å². The van der Waals surface area contributed by atoms with Gasteiger partial charge in [-0.15, -0.1) is 0 Å². The van der Waals surface area contributed by atoms with Crippen LogP contribution in [0, 0.1) is 0 Å². The maximum atomic E-state index is 10.9. The Morgan fingerprint density at radius 3 is 2.82 bits per heavy atom. The number of anilines is 1. The summed E-state index contributed by atoms with van der Waals surface area (Å²) in [6, 6.07) is 5.77. The van der Waals surface area contributed by atoms with Crippen LogP contribution < -0.4 is 4.90 Å². The molecule has 1 fully saturated rings. The molecule has 0 spiro atoms. The summed E-state index contributed by atoms with van der Waals surface area (Å²) in [5, 5.41) is 16.2. The Balaban J connectivity index is 2.05. The van der Waals surface area contributed by atoms with Gasteiger partial charge >= 0.3 is 5.97 Å². The topological polar surface area (TPSA) is 69.2 Å². The van der Waals surface area contributed by atoms with Crippen LogP contribution in [0.25, 0.3) is 10.9 Å². The fourth-order valence-corrected chi connectivity index (χ4v) is 2.34. The van der Waals surface area contributed by atoms with Crippen molar-refractivity contribution in [3.63, 3.8) is 0 Å². The number of carboxylic acid groups (broad SMARTS) is 1. The number of carbonyl (C=O) groups is 1. The number of H-pyrrole nitrogens is 1. The van der Waals surface area contributed by atoms with Crippen molar-refractivity contribution in [1.29, 1.82) is 0 Å². The van der Waals surface area contributed by atoms with Crippen molar-refractivity contribution in [2.24, 2.45) is 0 Å². The van der Waals surface area contributed by atoms with Crippen LogP contribution in [-0.2, 0) is 0 Å². The lowest BCUT2D eigenvalue weighted by Gasteiger charge is -2.17. The molecule has 2 aromatic rings. The molecule has 2 N–H and O–H groups in total. The van der Waals surface area contributed by atoms with Crippen molar-refractivity contribution in [3.8, 4) is 0 Å². The van der Waals surface area contributed by atoms with E-state index in [-0.39, 0.29) is 5.69 Å². The molecular formula is C12H13N3O2. The molecule has 17 heavy (non-hydrogen) atoms. The first-order valence-electron chi connectivity index (χ1n) is 5.72. The molecule has 1 aromatic heterocycles. The number of rotatable bonds is 2. The minimum atomic E-state index is -0.995. The smallest absolute Gasteiger partial charge is 0.357 e. The molecule has 2 heterocycles. The van der Waals surface area contributed by atoms with Gasteiger partial charge in [-0.2, -0.15) is 5.10 Å². The number of aromatic amines is 1. The Labute approximate surface area is 98.0 Å². The molecule has 0 aliphatic carbocycles. The van der Waals surface area contributed by atoms with Crippen molar-refractivity contribution in [3.05, 3.63) is 23.9 Å². The highest BCUT2D eigenvalue weighted by atomic mass is 16.4. The van der Waals surface area contributed by atoms with Crippen molar-refractivity contribution in [2.45, 2.75) is 12.8 Å². The van der Waals surface area contributed by atoms with E-state index in [1.165, 1.54) is 12.8 Å². The predicted molar refractivity (Wildman–Crippen MR) is 64.5 cm³/mol. The number of nitrogens with one attached hydrogen (secondary N) is 1. The van der Waals surface area contributed by atoms with Crippen molar-refractivity contribution in [1.82, 2.24) is 10.2 Å². The molecule has 5 heteroatoms. The van der Waals surface area contributed by atoms with Gasteiger partial charge in [-0.1, -0.05) is 0 Å². The molecule has 1 saturated heterocycles. The van der Waals surface area contributed by atoms with Gasteiger partial charge in [-0.3, -0.25) is 5.10 Å². The van der Waals surface area contributed by atoms with Gasteiger partial charge in [0.25, 0.3) is 0 Å². The molecule has 88 valence electrons. The number of aromatic carboxylic acids is 1. The molecule has 1 aliphatic rings. The first-order chi connectivity index (χ1) is 8.25. The maximum Gasteiger partial charge on any atom is 0.357 e. The highest BCUT2D eigenvalue weighted by molar-refractivity contribution is 6.01. The van der Waals surface area contributed by atoms with Crippen LogP contribution in [0.3, 0.4) is 0 Å². The minimum Gasteiger partial charge on any atom is -0.476 e. The maximum absolute atomic E-state index is 10.9. The van der Waals surface area contributed by atoms with Gasteiger partial charge in [-0.25, -0.2) is 4.79 Å². The Morgan fingerprint density at radius 2 is 2.12 bits per heavy atom. The number of benzene rings is 1. The molecule has 0 atom stereocenters. The molecule has 0 radical (unpaired) electrons. The highest BCUT2D eigenvalue weighted by Crippen LogP contribution is 2.25. The second kappa shape index (κ2) is 3.76. The second-order valence-electron chi connectivity index (χ2n) is 4.30. The SMILES string of the molecule is O=C(O)c1n[nH]c2cc(N3CCCC3)ccc12. The molecule has 0 amide bonds. The van der Waals surface area contributed by atoms with E-state index in [2.05, 4.69) is 15.1 Å². The standard InChI is InChI=1S/C12H13N3O2/c16-12(17)11-9-4-3-8(7-10(9)13-14-11)15-5-1-2-6-15/h3-4,7H,1-2,5-6H2,(H,13,14)(H,16,17). The summed E-state index contributed by atoms with van der Waals surface area (Å²) in [5.74, 6) is -0.995. The van der Waals surface area contributed by atoms with Gasteiger partial charge in [0, 0.05) is 24.2 Å². The molecule has 1 aromatic carbocycles. The zero-order chi connectivity index (χ0) is 11.8. The summed E-state index contributed by atoms with van der Waals surface area (Å²) in [6.45, 7) is 2.15. The van der Waals surface area contributed by atoms with Gasteiger partial charge in [0.2, 0.25) is 0 Å². The second-order valence-corrected chi connectivity index (χ2v) is 4.30. The average Bonchev–Trinajstić information content (AvgIpc) is 2.97. The van der Waals surface area contributed by atoms with Crippen molar-refractivity contribution < 1.29 is 9.90 Å². The number of fused-ring (bicyclic) bond motifs is 1. The van der Waals surface area contributed by atoms with Crippen LogP contribution in [0.5, 0.6) is 0 Å². The van der Waals surface area contributed by atoms with Gasteiger partial charge in [0.05, 0.1) is 5.52 Å². The van der Waals surface area contributed by atoms with Gasteiger partial charge in [0.1, 0.15) is 0 Å². The normalized spacial score (nSPS) is 15.6. The Kier molecular flexibility index (Phi) is 2.24. The quantitative estimate of drug-likeness (QED) is 0.827. The molecule has 3 rings (SSSR count). The van der Waals surface area contributed by atoms with Gasteiger partial charge < -0.3 is 10.0 Å². The van der Waals surface area contributed by atoms with E-state index in [1.807, 2.05) is 18.2 Å². The van der Waals surface area contributed by atoms with Crippen LogP contribution >= 0.6 is 0 Å². The fourth-order valence-electron chi connectivity index (χ4n) is 2.34. The Morgan fingerprint density at radius 1 is 1.35 bits per heavy atom. The van der Waals surface area contributed by atoms with E-state index in [4.69, 9.17) is 5.11 Å². The number of carboxylic acids is 1. The average molecular weight is 231 g/mol. The van der Waals surface area contributed by atoms with E-state index in [9.17, 15) is 4.79 Å². The lowest BCUT2D eigenvalue weighted by atomic mass is 10.2. The Bertz CT molecular complexity index is 570. The Hall–Kier alpha value is -2.04. The summed E-state index contributed by atoms with van der Waals surface area (Å²) in [6.07, 6.45) is 2.45. The van der Waals surface area contributed by atoms with E-state index < -0.39 is 5.97 Å². The third kappa shape index (κ3) is 1.63. The molecule has 0 unspecified atom stereocenters. The first kappa shape index (κ1) is 10.1. The summed E-state index contributed by atoms with van der Waals surface area (Å²) < 4.78 is 0. The van der Waals surface area contributed by atoms with Crippen LogP contribution in [0.2, 0.25) is 0 Å².